The second-order valence-corrected chi connectivity index (χ2v) is 6.47. The van der Waals surface area contributed by atoms with Gasteiger partial charge in [-0.1, -0.05) is 0 Å². The van der Waals surface area contributed by atoms with Crippen molar-refractivity contribution in [2.75, 3.05) is 6.61 Å². The number of hydrogen-bond acceptors (Lipinski definition) is 8. The molecule has 2 rings (SSSR count). The molecule has 1 aliphatic rings. The van der Waals surface area contributed by atoms with Crippen LogP contribution in [0.2, 0.25) is 0 Å². The number of aliphatic hydroxyl groups is 1. The Bertz CT molecular complexity index is 835. The molecule has 26 heavy (non-hydrogen) atoms. The number of nitrogens with one attached hydrogen (secondary N) is 1. The van der Waals surface area contributed by atoms with Crippen LogP contribution in [0.1, 0.15) is 12.6 Å². The lowest BCUT2D eigenvalue weighted by Gasteiger charge is -2.18. The minimum Gasteiger partial charge on any atom is -0.390 e. The molecule has 1 fully saturated rings. The normalized spacial score (nSPS) is 25.7. The summed E-state index contributed by atoms with van der Waals surface area (Å²) in [6, 6.07) is 1.01. The molecule has 4 atom stereocenters. The highest BCUT2D eigenvalue weighted by atomic mass is 31.2. The first-order valence-corrected chi connectivity index (χ1v) is 8.31. The van der Waals surface area contributed by atoms with E-state index in [4.69, 9.17) is 9.63 Å². The zero-order valence-electron chi connectivity index (χ0n) is 12.6. The van der Waals surface area contributed by atoms with Gasteiger partial charge in [0.2, 0.25) is 0 Å². The molecule has 0 bridgehead atoms. The maximum absolute atomic E-state index is 12.0. The monoisotopic (exact) mass is 404 g/mol. The number of carbonyl (C=O) groups is 1. The van der Waals surface area contributed by atoms with E-state index < -0.39 is 56.3 Å². The Kier molecular flexibility index (Phi) is 5.73. The maximum Gasteiger partial charge on any atom is 0.529 e. The van der Waals surface area contributed by atoms with Crippen molar-refractivity contribution in [1.82, 2.24) is 9.55 Å². The fourth-order valence-corrected chi connectivity index (χ4v) is 2.74. The lowest BCUT2D eigenvalue weighted by atomic mass is 10.2. The van der Waals surface area contributed by atoms with E-state index in [1.54, 1.807) is 0 Å². The number of H-pyrrole nitrogens is 1. The van der Waals surface area contributed by atoms with Crippen LogP contribution < -0.4 is 11.2 Å². The Morgan fingerprint density at radius 1 is 1.46 bits per heavy atom. The predicted octanol–water partition coefficient (Wildman–Crippen LogP) is -0.593. The van der Waals surface area contributed by atoms with Gasteiger partial charge in [-0.05, 0) is 0 Å². The third kappa shape index (κ3) is 5.02. The number of aromatic nitrogens is 2. The van der Waals surface area contributed by atoms with Crippen molar-refractivity contribution in [3.8, 4) is 0 Å². The number of nitrogens with zero attached hydrogens (tertiary/aromatic N) is 1. The maximum atomic E-state index is 12.0. The van der Waals surface area contributed by atoms with Crippen molar-refractivity contribution in [1.29, 1.82) is 0 Å². The quantitative estimate of drug-likeness (QED) is 0.546. The van der Waals surface area contributed by atoms with Gasteiger partial charge in [-0.3, -0.25) is 23.8 Å². The molecule has 1 saturated heterocycles. The van der Waals surface area contributed by atoms with E-state index in [-0.39, 0.29) is 6.42 Å². The van der Waals surface area contributed by atoms with Crippen molar-refractivity contribution >= 4 is 13.8 Å². The second-order valence-electron chi connectivity index (χ2n) is 5.09. The van der Waals surface area contributed by atoms with E-state index in [2.05, 4.69) is 9.05 Å². The van der Waals surface area contributed by atoms with Crippen LogP contribution >= 0.6 is 7.82 Å². The number of alkyl halides is 3. The first-order valence-electron chi connectivity index (χ1n) is 6.82. The summed E-state index contributed by atoms with van der Waals surface area (Å²) in [6.07, 6.45) is -8.30. The van der Waals surface area contributed by atoms with E-state index in [1.807, 2.05) is 4.98 Å². The summed E-state index contributed by atoms with van der Waals surface area (Å²) in [5, 5.41) is 9.82. The minimum atomic E-state index is -5.50. The van der Waals surface area contributed by atoms with Gasteiger partial charge in [0.15, 0.2) is 0 Å². The van der Waals surface area contributed by atoms with Crippen molar-refractivity contribution in [3.63, 3.8) is 0 Å². The summed E-state index contributed by atoms with van der Waals surface area (Å²) in [5.41, 5.74) is -1.51. The second kappa shape index (κ2) is 7.32. The molecule has 1 aromatic rings. The number of hydrogen-bond donors (Lipinski definition) is 3. The summed E-state index contributed by atoms with van der Waals surface area (Å²) >= 11 is 0. The number of rotatable bonds is 5. The molecule has 1 unspecified atom stereocenters. The van der Waals surface area contributed by atoms with Crippen LogP contribution in [0.4, 0.5) is 13.2 Å². The van der Waals surface area contributed by atoms with Crippen LogP contribution in [0, 0.1) is 0 Å². The third-order valence-corrected chi connectivity index (χ3v) is 4.07. The number of halogens is 3. The van der Waals surface area contributed by atoms with Gasteiger partial charge in [-0.2, -0.15) is 13.2 Å². The molecule has 11 nitrogen and oxygen atoms in total. The molecule has 1 aromatic heterocycles. The molecule has 0 spiro atoms. The lowest BCUT2D eigenvalue weighted by molar-refractivity contribution is -0.191. The highest BCUT2D eigenvalue weighted by molar-refractivity contribution is 7.48. The molecule has 15 heteroatoms. The molecule has 2 heterocycles. The lowest BCUT2D eigenvalue weighted by Crippen LogP contribution is -2.32. The summed E-state index contributed by atoms with van der Waals surface area (Å²) in [4.78, 5) is 44.2. The number of phosphoric ester groups is 1. The Labute approximate surface area is 141 Å². The average molecular weight is 404 g/mol. The van der Waals surface area contributed by atoms with Gasteiger partial charge >= 0.3 is 25.7 Å². The van der Waals surface area contributed by atoms with E-state index >= 15 is 0 Å². The fraction of sp³-hybridized carbons (Fsp3) is 0.545. The molecule has 0 saturated carbocycles. The van der Waals surface area contributed by atoms with Crippen LogP contribution in [-0.2, 0) is 23.1 Å². The Hall–Kier alpha value is -1.99. The molecule has 0 aliphatic carbocycles. The number of aliphatic hydroxyl groups excluding tert-OH is 1. The highest BCUT2D eigenvalue weighted by Crippen LogP contribution is 2.46. The van der Waals surface area contributed by atoms with E-state index in [0.29, 0.717) is 0 Å². The van der Waals surface area contributed by atoms with E-state index in [0.717, 1.165) is 16.8 Å². The van der Waals surface area contributed by atoms with Gasteiger partial charge in [0.1, 0.15) is 12.3 Å². The first-order chi connectivity index (χ1) is 11.9. The summed E-state index contributed by atoms with van der Waals surface area (Å²) in [5.74, 6) is -2.92. The average Bonchev–Trinajstić information content (AvgIpc) is 2.84. The molecule has 146 valence electrons. The van der Waals surface area contributed by atoms with Gasteiger partial charge in [0, 0.05) is 18.7 Å². The van der Waals surface area contributed by atoms with Crippen LogP contribution in [-0.4, -0.2) is 50.5 Å². The van der Waals surface area contributed by atoms with E-state index in [1.165, 1.54) is 0 Å². The van der Waals surface area contributed by atoms with Gasteiger partial charge in [0.05, 0.1) is 12.7 Å². The minimum absolute atomic E-state index is 0.182. The number of phosphoric acid groups is 1. The van der Waals surface area contributed by atoms with Crippen molar-refractivity contribution < 1.29 is 46.3 Å². The van der Waals surface area contributed by atoms with Crippen molar-refractivity contribution in [3.05, 3.63) is 33.1 Å². The number of ether oxygens (including phenoxy) is 1. The van der Waals surface area contributed by atoms with Crippen LogP contribution in [0.3, 0.4) is 0 Å². The Morgan fingerprint density at radius 2 is 2.12 bits per heavy atom. The van der Waals surface area contributed by atoms with Gasteiger partial charge in [-0.15, -0.1) is 0 Å². The van der Waals surface area contributed by atoms with Crippen LogP contribution in [0.5, 0.6) is 0 Å². The first kappa shape index (κ1) is 20.3. The standard InChI is InChI=1S/C11H12F3N2O9P/c12-11(13,14)9(19)25-26(21,22)23-4-6-5(17)3-8(24-6)16-2-1-7(18)15-10(16)20/h1-2,5-6,8,17H,3-4H2,(H,21,22)(H,15,18,20)/t5-,6+,8+/m0/s1. The van der Waals surface area contributed by atoms with Crippen LogP contribution in [0.15, 0.2) is 21.9 Å². The third-order valence-electron chi connectivity index (χ3n) is 3.20. The number of carbonyl (C=O) groups excluding carboxylic acids is 1. The molecule has 0 amide bonds. The highest BCUT2D eigenvalue weighted by Gasteiger charge is 2.46. The van der Waals surface area contributed by atoms with Gasteiger partial charge in [0.25, 0.3) is 5.56 Å². The number of aromatic amines is 1. The van der Waals surface area contributed by atoms with E-state index in [9.17, 15) is 37.2 Å². The van der Waals surface area contributed by atoms with Gasteiger partial charge < -0.3 is 14.4 Å². The predicted molar refractivity (Wildman–Crippen MR) is 73.8 cm³/mol. The molecular formula is C11H12F3N2O9P. The smallest absolute Gasteiger partial charge is 0.390 e. The Balaban J connectivity index is 1.98. The summed E-state index contributed by atoms with van der Waals surface area (Å²) in [6.45, 7) is -0.908. The topological polar surface area (TPSA) is 157 Å². The molecular weight excluding hydrogens is 392 g/mol. The fourth-order valence-electron chi connectivity index (χ4n) is 2.04. The molecule has 3 N–H and O–H groups in total. The van der Waals surface area contributed by atoms with Crippen LogP contribution in [0.25, 0.3) is 0 Å². The SMILES string of the molecule is O=C(OP(=O)(O)OC[C@H]1O[C@@H](n2ccc(=O)[nH]c2=O)C[C@@H]1O)C(F)(F)F. The molecule has 1 aliphatic heterocycles. The van der Waals surface area contributed by atoms with Crippen molar-refractivity contribution in [2.24, 2.45) is 0 Å². The van der Waals surface area contributed by atoms with Gasteiger partial charge in [-0.25, -0.2) is 14.2 Å². The van der Waals surface area contributed by atoms with Crippen molar-refractivity contribution in [2.45, 2.75) is 31.0 Å². The summed E-state index contributed by atoms with van der Waals surface area (Å²) in [7, 11) is -5.41. The zero-order valence-corrected chi connectivity index (χ0v) is 13.5. The largest absolute Gasteiger partial charge is 0.529 e. The Morgan fingerprint density at radius 3 is 2.69 bits per heavy atom. The summed E-state index contributed by atoms with van der Waals surface area (Å²) < 4.78 is 61.0. The zero-order chi connectivity index (χ0) is 19.7. The molecule has 0 aromatic carbocycles. The molecule has 0 radical (unpaired) electrons.